The lowest BCUT2D eigenvalue weighted by molar-refractivity contribution is 0.0692. The summed E-state index contributed by atoms with van der Waals surface area (Å²) in [6.07, 6.45) is 2.90. The Morgan fingerprint density at radius 3 is 2.34 bits per heavy atom. The predicted octanol–water partition coefficient (Wildman–Crippen LogP) is 7.11. The molecule has 1 fully saturated rings. The summed E-state index contributed by atoms with van der Waals surface area (Å²) in [6, 6.07) is 28.1. The highest BCUT2D eigenvalue weighted by Crippen LogP contribution is 2.35. The van der Waals surface area contributed by atoms with Gasteiger partial charge in [-0.1, -0.05) is 66.7 Å². The summed E-state index contributed by atoms with van der Waals surface area (Å²) in [5, 5.41) is 10.7. The van der Waals surface area contributed by atoms with Crippen LogP contribution >= 0.6 is 0 Å². The maximum Gasteiger partial charge on any atom is 0.344 e. The van der Waals surface area contributed by atoms with Gasteiger partial charge < -0.3 is 19.0 Å². The number of fused-ring (bicyclic) bond motifs is 1. The van der Waals surface area contributed by atoms with Crippen molar-refractivity contribution in [2.75, 3.05) is 26.2 Å². The first kappa shape index (κ1) is 29.2. The Morgan fingerprint density at radius 2 is 1.61 bits per heavy atom. The van der Waals surface area contributed by atoms with Crippen LogP contribution in [0, 0.1) is 6.92 Å². The lowest BCUT2D eigenvalue weighted by atomic mass is 9.91. The van der Waals surface area contributed by atoms with E-state index in [0.29, 0.717) is 29.5 Å². The highest BCUT2D eigenvalue weighted by molar-refractivity contribution is 5.98. The molecule has 1 aliphatic rings. The molecule has 7 nitrogen and oxygen atoms in total. The van der Waals surface area contributed by atoms with E-state index >= 15 is 0 Å². The van der Waals surface area contributed by atoms with Crippen molar-refractivity contribution in [3.8, 4) is 22.6 Å². The highest BCUT2D eigenvalue weighted by Gasteiger charge is 2.22. The number of hydrogen-bond acceptors (Lipinski definition) is 6. The number of aryl methyl sites for hydroxylation is 1. The maximum absolute atomic E-state index is 13.6. The molecule has 44 heavy (non-hydrogen) atoms. The largest absolute Gasteiger partial charge is 0.492 e. The van der Waals surface area contributed by atoms with E-state index in [1.54, 1.807) is 6.07 Å². The molecule has 0 radical (unpaired) electrons. The van der Waals surface area contributed by atoms with Crippen LogP contribution < -0.4 is 15.1 Å². The van der Waals surface area contributed by atoms with Crippen LogP contribution in [0.3, 0.4) is 0 Å². The number of likely N-dealkylation sites (tertiary alicyclic amines) is 1. The Labute approximate surface area is 256 Å². The fraction of sp³-hybridized carbons (Fsp3) is 0.243. The summed E-state index contributed by atoms with van der Waals surface area (Å²) >= 11 is 0. The molecule has 4 aromatic carbocycles. The molecule has 1 aliphatic heterocycles. The molecule has 5 aromatic rings. The fourth-order valence-corrected chi connectivity index (χ4v) is 5.83. The number of nitrogens with zero attached hydrogens (tertiary/aromatic N) is 1. The minimum absolute atomic E-state index is 0.000939. The number of carboxylic acid groups (broad SMARTS) is 1. The fourth-order valence-electron chi connectivity index (χ4n) is 5.83. The zero-order valence-corrected chi connectivity index (χ0v) is 24.8. The van der Waals surface area contributed by atoms with Crippen LogP contribution in [0.25, 0.3) is 22.1 Å². The molecule has 0 saturated carbocycles. The molecule has 0 unspecified atom stereocenters. The van der Waals surface area contributed by atoms with E-state index in [0.717, 1.165) is 47.6 Å². The number of hydrogen-bond donors (Lipinski definition) is 1. The second-order valence-electron chi connectivity index (χ2n) is 11.2. The lowest BCUT2D eigenvalue weighted by Gasteiger charge is -2.17. The standard InChI is InChI=1S/C37H35NO6/c1-25-9-5-6-12-29(25)35-31(21-26-13-15-28(16-14-26)42-20-19-38-17-7-8-18-38)30-22-32(36(39)40)33(23-34(30)44-37(35)41)43-24-27-10-3-2-4-11-27/h2-6,9-16,22-23H,7-8,17-21,24H2,1H3,(H,39,40). The lowest BCUT2D eigenvalue weighted by Crippen LogP contribution is -2.25. The van der Waals surface area contributed by atoms with Crippen molar-refractivity contribution < 1.29 is 23.8 Å². The molecule has 224 valence electrons. The van der Waals surface area contributed by atoms with Crippen molar-refractivity contribution in [3.05, 3.63) is 129 Å². The van der Waals surface area contributed by atoms with Gasteiger partial charge in [0, 0.05) is 18.0 Å². The Kier molecular flexibility index (Phi) is 8.75. The van der Waals surface area contributed by atoms with Gasteiger partial charge in [-0.3, -0.25) is 4.90 Å². The summed E-state index contributed by atoms with van der Waals surface area (Å²) in [6.45, 7) is 5.94. The summed E-state index contributed by atoms with van der Waals surface area (Å²) < 4.78 is 17.8. The van der Waals surface area contributed by atoms with Gasteiger partial charge in [0.2, 0.25) is 0 Å². The van der Waals surface area contributed by atoms with Gasteiger partial charge in [-0.2, -0.15) is 0 Å². The topological polar surface area (TPSA) is 89.2 Å². The van der Waals surface area contributed by atoms with E-state index in [9.17, 15) is 14.7 Å². The molecule has 6 rings (SSSR count). The van der Waals surface area contributed by atoms with Crippen molar-refractivity contribution in [3.63, 3.8) is 0 Å². The Bertz CT molecular complexity index is 1820. The van der Waals surface area contributed by atoms with E-state index in [4.69, 9.17) is 13.9 Å². The monoisotopic (exact) mass is 589 g/mol. The number of carboxylic acids is 1. The molecule has 1 N–H and O–H groups in total. The van der Waals surface area contributed by atoms with Gasteiger partial charge in [-0.25, -0.2) is 9.59 Å². The first-order chi connectivity index (χ1) is 21.5. The van der Waals surface area contributed by atoms with Gasteiger partial charge in [0.25, 0.3) is 0 Å². The van der Waals surface area contributed by atoms with Crippen LogP contribution in [0.2, 0.25) is 0 Å². The molecular formula is C37H35NO6. The normalized spacial score (nSPS) is 13.3. The minimum atomic E-state index is -1.13. The minimum Gasteiger partial charge on any atom is -0.492 e. The third-order valence-corrected chi connectivity index (χ3v) is 8.18. The van der Waals surface area contributed by atoms with Gasteiger partial charge in [0.05, 0.1) is 5.56 Å². The SMILES string of the molecule is Cc1ccccc1-c1c(Cc2ccc(OCCN3CCCC3)cc2)c2cc(C(=O)O)c(OCc3ccccc3)cc2oc1=O. The smallest absolute Gasteiger partial charge is 0.344 e. The zero-order chi connectivity index (χ0) is 30.5. The second kappa shape index (κ2) is 13.2. The maximum atomic E-state index is 13.6. The van der Waals surface area contributed by atoms with Crippen LogP contribution in [0.4, 0.5) is 0 Å². The van der Waals surface area contributed by atoms with Gasteiger partial charge in [-0.15, -0.1) is 0 Å². The first-order valence-electron chi connectivity index (χ1n) is 15.0. The summed E-state index contributed by atoms with van der Waals surface area (Å²) in [7, 11) is 0. The van der Waals surface area contributed by atoms with E-state index in [-0.39, 0.29) is 23.5 Å². The molecule has 0 spiro atoms. The van der Waals surface area contributed by atoms with E-state index in [1.165, 1.54) is 18.9 Å². The van der Waals surface area contributed by atoms with Crippen molar-refractivity contribution in [2.24, 2.45) is 0 Å². The number of carbonyl (C=O) groups is 1. The molecule has 1 aromatic heterocycles. The predicted molar refractivity (Wildman–Crippen MR) is 171 cm³/mol. The number of aromatic carboxylic acids is 1. The molecule has 0 atom stereocenters. The van der Waals surface area contributed by atoms with Gasteiger partial charge >= 0.3 is 11.6 Å². The molecule has 2 heterocycles. The second-order valence-corrected chi connectivity index (χ2v) is 11.2. The molecular weight excluding hydrogens is 554 g/mol. The van der Waals surface area contributed by atoms with Gasteiger partial charge in [-0.05, 0) is 85.3 Å². The molecule has 0 aliphatic carbocycles. The Hall–Kier alpha value is -4.88. The molecule has 0 bridgehead atoms. The molecule has 0 amide bonds. The Balaban J connectivity index is 1.37. The molecule has 1 saturated heterocycles. The van der Waals surface area contributed by atoms with Crippen molar-refractivity contribution in [2.45, 2.75) is 32.8 Å². The zero-order valence-electron chi connectivity index (χ0n) is 24.8. The van der Waals surface area contributed by atoms with Gasteiger partial charge in [0.15, 0.2) is 0 Å². The first-order valence-corrected chi connectivity index (χ1v) is 15.0. The van der Waals surface area contributed by atoms with E-state index < -0.39 is 11.6 Å². The van der Waals surface area contributed by atoms with Gasteiger partial charge in [0.1, 0.15) is 35.9 Å². The van der Waals surface area contributed by atoms with Crippen molar-refractivity contribution in [1.29, 1.82) is 0 Å². The number of benzene rings is 4. The Morgan fingerprint density at radius 1 is 0.886 bits per heavy atom. The van der Waals surface area contributed by atoms with Crippen LogP contribution in [0.1, 0.15) is 45.5 Å². The summed E-state index contributed by atoms with van der Waals surface area (Å²) in [5.41, 5.74) is 4.44. The summed E-state index contributed by atoms with van der Waals surface area (Å²) in [5.74, 6) is -0.195. The average Bonchev–Trinajstić information content (AvgIpc) is 3.55. The highest BCUT2D eigenvalue weighted by atomic mass is 16.5. The number of ether oxygens (including phenoxy) is 2. The van der Waals surface area contributed by atoms with E-state index in [1.807, 2.05) is 85.8 Å². The van der Waals surface area contributed by atoms with Crippen LogP contribution in [0.15, 0.2) is 100 Å². The van der Waals surface area contributed by atoms with Crippen molar-refractivity contribution >= 4 is 16.9 Å². The van der Waals surface area contributed by atoms with Crippen molar-refractivity contribution in [1.82, 2.24) is 4.90 Å². The van der Waals surface area contributed by atoms with Crippen LogP contribution in [-0.4, -0.2) is 42.2 Å². The van der Waals surface area contributed by atoms with Crippen LogP contribution in [0.5, 0.6) is 11.5 Å². The number of rotatable bonds is 11. The van der Waals surface area contributed by atoms with Crippen LogP contribution in [-0.2, 0) is 13.0 Å². The third kappa shape index (κ3) is 6.53. The molecule has 7 heteroatoms. The average molecular weight is 590 g/mol. The third-order valence-electron chi connectivity index (χ3n) is 8.18. The quantitative estimate of drug-likeness (QED) is 0.164. The summed E-state index contributed by atoms with van der Waals surface area (Å²) in [4.78, 5) is 28.5. The van der Waals surface area contributed by atoms with E-state index in [2.05, 4.69) is 4.90 Å².